The molecule has 102 valence electrons. The summed E-state index contributed by atoms with van der Waals surface area (Å²) in [4.78, 5) is 16.2. The van der Waals surface area contributed by atoms with Crippen LogP contribution in [0.2, 0.25) is 0 Å². The number of fused-ring (bicyclic) bond motifs is 1. The monoisotopic (exact) mass is 262 g/mol. The zero-order valence-electron chi connectivity index (χ0n) is 11.4. The van der Waals surface area contributed by atoms with Gasteiger partial charge in [0, 0.05) is 12.1 Å². The van der Waals surface area contributed by atoms with Crippen molar-refractivity contribution in [3.63, 3.8) is 0 Å². The molecule has 2 rings (SSSR count). The number of nitrogens with zero attached hydrogens (tertiary/aromatic N) is 3. The number of amides is 1. The molecule has 6 heteroatoms. The summed E-state index contributed by atoms with van der Waals surface area (Å²) in [7, 11) is 0. The van der Waals surface area contributed by atoms with Gasteiger partial charge in [0.05, 0.1) is 12.8 Å². The summed E-state index contributed by atoms with van der Waals surface area (Å²) in [5.74, 6) is 0.332. The Balaban J connectivity index is 2.23. The SMILES string of the molecule is CCOc1ccc2nc(C(=O)NC(C)CC)cn2n1. The van der Waals surface area contributed by atoms with Crippen molar-refractivity contribution in [3.05, 3.63) is 24.0 Å². The fourth-order valence-electron chi connectivity index (χ4n) is 1.60. The lowest BCUT2D eigenvalue weighted by molar-refractivity contribution is 0.0935. The molecule has 19 heavy (non-hydrogen) atoms. The first-order valence-corrected chi connectivity index (χ1v) is 6.44. The molecular weight excluding hydrogens is 244 g/mol. The first-order chi connectivity index (χ1) is 9.13. The molecule has 1 amide bonds. The summed E-state index contributed by atoms with van der Waals surface area (Å²) in [6.07, 6.45) is 2.49. The zero-order valence-corrected chi connectivity index (χ0v) is 11.4. The standard InChI is InChI=1S/C13H18N4O2/c1-4-9(3)14-13(18)10-8-17-11(15-10)6-7-12(16-17)19-5-2/h6-9H,4-5H2,1-3H3,(H,14,18). The van der Waals surface area contributed by atoms with Crippen LogP contribution in [0.4, 0.5) is 0 Å². The number of carbonyl (C=O) groups is 1. The van der Waals surface area contributed by atoms with Gasteiger partial charge in [-0.3, -0.25) is 4.79 Å². The number of imidazole rings is 1. The van der Waals surface area contributed by atoms with Crippen LogP contribution in [0.1, 0.15) is 37.7 Å². The maximum Gasteiger partial charge on any atom is 0.271 e. The Hall–Kier alpha value is -2.11. The summed E-state index contributed by atoms with van der Waals surface area (Å²) >= 11 is 0. The Morgan fingerprint density at radius 2 is 2.26 bits per heavy atom. The van der Waals surface area contributed by atoms with Crippen LogP contribution in [-0.4, -0.2) is 33.2 Å². The van der Waals surface area contributed by atoms with Gasteiger partial charge in [-0.1, -0.05) is 6.92 Å². The second-order valence-electron chi connectivity index (χ2n) is 4.32. The van der Waals surface area contributed by atoms with E-state index >= 15 is 0 Å². The van der Waals surface area contributed by atoms with E-state index in [1.54, 1.807) is 22.8 Å². The van der Waals surface area contributed by atoms with Crippen molar-refractivity contribution >= 4 is 11.6 Å². The quantitative estimate of drug-likeness (QED) is 0.889. The Labute approximate surface area is 111 Å². The van der Waals surface area contributed by atoms with Gasteiger partial charge < -0.3 is 10.1 Å². The van der Waals surface area contributed by atoms with Crippen LogP contribution in [0.5, 0.6) is 5.88 Å². The average Bonchev–Trinajstić information content (AvgIpc) is 2.82. The van der Waals surface area contributed by atoms with Gasteiger partial charge in [-0.15, -0.1) is 5.10 Å². The second-order valence-corrected chi connectivity index (χ2v) is 4.32. The third-order valence-electron chi connectivity index (χ3n) is 2.81. The van der Waals surface area contributed by atoms with E-state index in [0.29, 0.717) is 23.8 Å². The van der Waals surface area contributed by atoms with E-state index in [0.717, 1.165) is 6.42 Å². The lowest BCUT2D eigenvalue weighted by atomic mass is 10.2. The molecule has 0 radical (unpaired) electrons. The molecule has 1 N–H and O–H groups in total. The van der Waals surface area contributed by atoms with Crippen LogP contribution >= 0.6 is 0 Å². The number of ether oxygens (including phenoxy) is 1. The normalized spacial score (nSPS) is 12.4. The van der Waals surface area contributed by atoms with Crippen molar-refractivity contribution in [1.82, 2.24) is 19.9 Å². The van der Waals surface area contributed by atoms with Crippen LogP contribution in [-0.2, 0) is 0 Å². The van der Waals surface area contributed by atoms with Crippen LogP contribution in [0.3, 0.4) is 0 Å². The van der Waals surface area contributed by atoms with Crippen molar-refractivity contribution < 1.29 is 9.53 Å². The average molecular weight is 262 g/mol. The Morgan fingerprint density at radius 1 is 1.47 bits per heavy atom. The number of nitrogens with one attached hydrogen (secondary N) is 1. The molecule has 2 aromatic heterocycles. The van der Waals surface area contributed by atoms with Crippen LogP contribution in [0.15, 0.2) is 18.3 Å². The molecule has 2 heterocycles. The van der Waals surface area contributed by atoms with Crippen LogP contribution < -0.4 is 10.1 Å². The molecular formula is C13H18N4O2. The Morgan fingerprint density at radius 3 is 2.95 bits per heavy atom. The molecule has 0 aromatic carbocycles. The number of aromatic nitrogens is 3. The largest absolute Gasteiger partial charge is 0.477 e. The van der Waals surface area contributed by atoms with E-state index in [9.17, 15) is 4.79 Å². The van der Waals surface area contributed by atoms with Crippen molar-refractivity contribution in [2.24, 2.45) is 0 Å². The summed E-state index contributed by atoms with van der Waals surface area (Å²) in [5, 5.41) is 7.09. The van der Waals surface area contributed by atoms with E-state index < -0.39 is 0 Å². The Kier molecular flexibility index (Phi) is 3.99. The molecule has 0 aliphatic heterocycles. The fraction of sp³-hybridized carbons (Fsp3) is 0.462. The highest BCUT2D eigenvalue weighted by molar-refractivity contribution is 5.93. The minimum atomic E-state index is -0.183. The number of carbonyl (C=O) groups excluding carboxylic acids is 1. The molecule has 0 bridgehead atoms. The third-order valence-corrected chi connectivity index (χ3v) is 2.81. The summed E-state index contributed by atoms with van der Waals surface area (Å²) < 4.78 is 6.86. The summed E-state index contributed by atoms with van der Waals surface area (Å²) in [6.45, 7) is 6.42. The smallest absolute Gasteiger partial charge is 0.271 e. The topological polar surface area (TPSA) is 68.5 Å². The predicted octanol–water partition coefficient (Wildman–Crippen LogP) is 1.66. The molecule has 0 saturated carbocycles. The highest BCUT2D eigenvalue weighted by Crippen LogP contribution is 2.10. The number of hydrogen-bond donors (Lipinski definition) is 1. The van der Waals surface area contributed by atoms with Gasteiger partial charge in [0.2, 0.25) is 5.88 Å². The van der Waals surface area contributed by atoms with Crippen LogP contribution in [0.25, 0.3) is 5.65 Å². The second kappa shape index (κ2) is 5.69. The minimum Gasteiger partial charge on any atom is -0.477 e. The van der Waals surface area contributed by atoms with Gasteiger partial charge >= 0.3 is 0 Å². The van der Waals surface area contributed by atoms with E-state index in [4.69, 9.17) is 4.74 Å². The van der Waals surface area contributed by atoms with Crippen LogP contribution in [0, 0.1) is 0 Å². The maximum atomic E-state index is 11.9. The van der Waals surface area contributed by atoms with E-state index in [2.05, 4.69) is 15.4 Å². The van der Waals surface area contributed by atoms with Crippen molar-refractivity contribution in [1.29, 1.82) is 0 Å². The van der Waals surface area contributed by atoms with Crippen molar-refractivity contribution in [3.8, 4) is 5.88 Å². The van der Waals surface area contributed by atoms with E-state index in [1.165, 1.54) is 0 Å². The molecule has 0 aliphatic carbocycles. The lowest BCUT2D eigenvalue weighted by Crippen LogP contribution is -2.32. The summed E-state index contributed by atoms with van der Waals surface area (Å²) in [6, 6.07) is 3.64. The molecule has 0 spiro atoms. The van der Waals surface area contributed by atoms with Crippen molar-refractivity contribution in [2.45, 2.75) is 33.2 Å². The van der Waals surface area contributed by atoms with E-state index in [-0.39, 0.29) is 11.9 Å². The zero-order chi connectivity index (χ0) is 13.8. The van der Waals surface area contributed by atoms with Gasteiger partial charge in [0.25, 0.3) is 5.91 Å². The highest BCUT2D eigenvalue weighted by Gasteiger charge is 2.13. The fourth-order valence-corrected chi connectivity index (χ4v) is 1.60. The minimum absolute atomic E-state index is 0.129. The maximum absolute atomic E-state index is 11.9. The lowest BCUT2D eigenvalue weighted by Gasteiger charge is -2.08. The molecule has 6 nitrogen and oxygen atoms in total. The molecule has 2 aromatic rings. The van der Waals surface area contributed by atoms with Gasteiger partial charge in [0.15, 0.2) is 5.65 Å². The first kappa shape index (κ1) is 13.3. The van der Waals surface area contributed by atoms with Gasteiger partial charge in [0.1, 0.15) is 5.69 Å². The number of hydrogen-bond acceptors (Lipinski definition) is 4. The molecule has 0 aliphatic rings. The number of rotatable bonds is 5. The highest BCUT2D eigenvalue weighted by atomic mass is 16.5. The van der Waals surface area contributed by atoms with Gasteiger partial charge in [-0.05, 0) is 26.3 Å². The van der Waals surface area contributed by atoms with Gasteiger partial charge in [-0.25, -0.2) is 9.50 Å². The molecule has 0 fully saturated rings. The summed E-state index contributed by atoms with van der Waals surface area (Å²) in [5.41, 5.74) is 0.985. The van der Waals surface area contributed by atoms with E-state index in [1.807, 2.05) is 20.8 Å². The molecule has 1 unspecified atom stereocenters. The van der Waals surface area contributed by atoms with Gasteiger partial charge in [-0.2, -0.15) is 0 Å². The molecule has 1 atom stereocenters. The first-order valence-electron chi connectivity index (χ1n) is 6.44. The predicted molar refractivity (Wildman–Crippen MR) is 71.4 cm³/mol. The third kappa shape index (κ3) is 3.01. The Bertz CT molecular complexity index is 579. The van der Waals surface area contributed by atoms with Crippen molar-refractivity contribution in [2.75, 3.05) is 6.61 Å². The molecule has 0 saturated heterocycles.